The Bertz CT molecular complexity index is 742. The maximum Gasteiger partial charge on any atom is 0.240 e. The van der Waals surface area contributed by atoms with E-state index in [9.17, 15) is 8.42 Å². The second kappa shape index (κ2) is 6.83. The predicted molar refractivity (Wildman–Crippen MR) is 91.7 cm³/mol. The van der Waals surface area contributed by atoms with Crippen molar-refractivity contribution in [1.82, 2.24) is 10.0 Å². The molecular formula is C18H22N2O2S. The standard InChI is InChI=1S/C18H22N2O2S/c1-14-9-11-16(12-10-14)23(21,22)19-13-5-8-17-18(20-17)15-6-3-2-4-7-15/h2-4,6-7,9-12,17-20H,5,8,13H2,1H3/t17-,18-/m0/s1. The first-order valence-electron chi connectivity index (χ1n) is 7.93. The van der Waals surface area contributed by atoms with Crippen molar-refractivity contribution in [2.24, 2.45) is 0 Å². The SMILES string of the molecule is Cc1ccc(S(=O)(=O)NCCC[C@@H]2N[C@H]2c2ccccc2)cc1. The molecule has 0 bridgehead atoms. The zero-order chi connectivity index (χ0) is 16.3. The van der Waals surface area contributed by atoms with E-state index in [1.807, 2.05) is 37.3 Å². The van der Waals surface area contributed by atoms with E-state index in [1.54, 1.807) is 12.1 Å². The fraction of sp³-hybridized carbons (Fsp3) is 0.333. The molecule has 2 aromatic rings. The van der Waals surface area contributed by atoms with Gasteiger partial charge >= 0.3 is 0 Å². The van der Waals surface area contributed by atoms with Gasteiger partial charge in [-0.15, -0.1) is 0 Å². The first-order chi connectivity index (χ1) is 11.1. The molecule has 0 radical (unpaired) electrons. The summed E-state index contributed by atoms with van der Waals surface area (Å²) in [6.45, 7) is 2.41. The Labute approximate surface area is 138 Å². The van der Waals surface area contributed by atoms with Crippen molar-refractivity contribution >= 4 is 10.0 Å². The van der Waals surface area contributed by atoms with Crippen molar-refractivity contribution in [2.45, 2.75) is 36.7 Å². The zero-order valence-electron chi connectivity index (χ0n) is 13.2. The van der Waals surface area contributed by atoms with Crippen LogP contribution in [-0.2, 0) is 10.0 Å². The summed E-state index contributed by atoms with van der Waals surface area (Å²) in [6.07, 6.45) is 1.79. The lowest BCUT2D eigenvalue weighted by atomic mass is 10.1. The van der Waals surface area contributed by atoms with Crippen molar-refractivity contribution in [3.05, 3.63) is 65.7 Å². The molecule has 0 unspecified atom stereocenters. The van der Waals surface area contributed by atoms with Gasteiger partial charge in [0.2, 0.25) is 10.0 Å². The molecule has 0 amide bonds. The normalized spacial score (nSPS) is 20.4. The van der Waals surface area contributed by atoms with Crippen LogP contribution in [0.3, 0.4) is 0 Å². The van der Waals surface area contributed by atoms with Gasteiger partial charge in [0, 0.05) is 18.6 Å². The van der Waals surface area contributed by atoms with Crippen LogP contribution >= 0.6 is 0 Å². The average molecular weight is 330 g/mol. The summed E-state index contributed by atoms with van der Waals surface area (Å²) in [6, 6.07) is 18.1. The Morgan fingerprint density at radius 3 is 2.43 bits per heavy atom. The van der Waals surface area contributed by atoms with Crippen molar-refractivity contribution in [2.75, 3.05) is 6.54 Å². The van der Waals surface area contributed by atoms with Gasteiger partial charge in [0.25, 0.3) is 0 Å². The third-order valence-corrected chi connectivity index (χ3v) is 5.64. The molecule has 1 aliphatic heterocycles. The topological polar surface area (TPSA) is 68.1 Å². The van der Waals surface area contributed by atoms with Crippen LogP contribution in [-0.4, -0.2) is 21.0 Å². The van der Waals surface area contributed by atoms with Crippen molar-refractivity contribution in [1.29, 1.82) is 0 Å². The molecule has 2 aromatic carbocycles. The van der Waals surface area contributed by atoms with Crippen LogP contribution in [0, 0.1) is 6.92 Å². The van der Waals surface area contributed by atoms with Gasteiger partial charge in [-0.05, 0) is 37.5 Å². The first kappa shape index (κ1) is 16.2. The third-order valence-electron chi connectivity index (χ3n) is 4.16. The maximum atomic E-state index is 12.2. The summed E-state index contributed by atoms with van der Waals surface area (Å²) in [5, 5.41) is 3.44. The number of hydrogen-bond acceptors (Lipinski definition) is 3. The van der Waals surface area contributed by atoms with E-state index < -0.39 is 10.0 Å². The predicted octanol–water partition coefficient (Wildman–Crippen LogP) is 2.77. The second-order valence-electron chi connectivity index (χ2n) is 6.01. The molecule has 3 rings (SSSR count). The number of aryl methyl sites for hydroxylation is 1. The van der Waals surface area contributed by atoms with Crippen LogP contribution in [0.2, 0.25) is 0 Å². The Kier molecular flexibility index (Phi) is 4.80. The number of hydrogen-bond donors (Lipinski definition) is 2. The molecule has 0 spiro atoms. The largest absolute Gasteiger partial charge is 0.304 e. The maximum absolute atomic E-state index is 12.2. The van der Waals surface area contributed by atoms with E-state index in [2.05, 4.69) is 22.2 Å². The monoisotopic (exact) mass is 330 g/mol. The van der Waals surface area contributed by atoms with Gasteiger partial charge in [0.05, 0.1) is 4.90 Å². The molecule has 1 aliphatic rings. The van der Waals surface area contributed by atoms with E-state index >= 15 is 0 Å². The zero-order valence-corrected chi connectivity index (χ0v) is 14.0. The molecule has 1 heterocycles. The molecule has 122 valence electrons. The van der Waals surface area contributed by atoms with Gasteiger partial charge in [0.15, 0.2) is 0 Å². The number of nitrogens with one attached hydrogen (secondary N) is 2. The first-order valence-corrected chi connectivity index (χ1v) is 9.42. The highest BCUT2D eigenvalue weighted by molar-refractivity contribution is 7.89. The molecule has 1 saturated heterocycles. The third kappa shape index (κ3) is 4.19. The van der Waals surface area contributed by atoms with Crippen molar-refractivity contribution < 1.29 is 8.42 Å². The fourth-order valence-corrected chi connectivity index (χ4v) is 3.82. The Balaban J connectivity index is 1.43. The lowest BCUT2D eigenvalue weighted by molar-refractivity contribution is 0.575. The minimum absolute atomic E-state index is 0.329. The summed E-state index contributed by atoms with van der Waals surface area (Å²) in [7, 11) is -3.39. The Hall–Kier alpha value is -1.69. The van der Waals surface area contributed by atoms with Gasteiger partial charge < -0.3 is 5.32 Å². The van der Waals surface area contributed by atoms with Crippen LogP contribution in [0.4, 0.5) is 0 Å². The Morgan fingerprint density at radius 2 is 1.74 bits per heavy atom. The highest BCUT2D eigenvalue weighted by atomic mass is 32.2. The fourth-order valence-electron chi connectivity index (χ4n) is 2.74. The number of rotatable bonds is 7. The lowest BCUT2D eigenvalue weighted by Gasteiger charge is -2.06. The molecule has 5 heteroatoms. The quantitative estimate of drug-likeness (QED) is 0.606. The molecule has 4 nitrogen and oxygen atoms in total. The van der Waals surface area contributed by atoms with E-state index in [0.717, 1.165) is 18.4 Å². The second-order valence-corrected chi connectivity index (χ2v) is 7.78. The highest BCUT2D eigenvalue weighted by Crippen LogP contribution is 2.32. The minimum Gasteiger partial charge on any atom is -0.304 e. The molecule has 2 N–H and O–H groups in total. The van der Waals surface area contributed by atoms with E-state index in [1.165, 1.54) is 5.56 Å². The molecule has 0 aliphatic carbocycles. The summed E-state index contributed by atoms with van der Waals surface area (Å²) in [4.78, 5) is 0.329. The van der Waals surface area contributed by atoms with Crippen LogP contribution in [0.15, 0.2) is 59.5 Å². The van der Waals surface area contributed by atoms with E-state index in [0.29, 0.717) is 23.5 Å². The van der Waals surface area contributed by atoms with Gasteiger partial charge in [-0.1, -0.05) is 48.0 Å². The van der Waals surface area contributed by atoms with Crippen LogP contribution in [0.5, 0.6) is 0 Å². The van der Waals surface area contributed by atoms with Crippen LogP contribution < -0.4 is 10.0 Å². The molecule has 1 fully saturated rings. The van der Waals surface area contributed by atoms with E-state index in [4.69, 9.17) is 0 Å². The van der Waals surface area contributed by atoms with Gasteiger partial charge in [0.1, 0.15) is 0 Å². The van der Waals surface area contributed by atoms with Gasteiger partial charge in [-0.25, -0.2) is 13.1 Å². The molecule has 0 saturated carbocycles. The van der Waals surface area contributed by atoms with Gasteiger partial charge in [-0.3, -0.25) is 0 Å². The minimum atomic E-state index is -3.39. The number of benzene rings is 2. The molecule has 0 aromatic heterocycles. The summed E-state index contributed by atoms with van der Waals surface area (Å²) in [5.74, 6) is 0. The smallest absolute Gasteiger partial charge is 0.240 e. The van der Waals surface area contributed by atoms with E-state index in [-0.39, 0.29) is 0 Å². The Morgan fingerprint density at radius 1 is 1.04 bits per heavy atom. The van der Waals surface area contributed by atoms with Crippen molar-refractivity contribution in [3.63, 3.8) is 0 Å². The van der Waals surface area contributed by atoms with Crippen LogP contribution in [0.1, 0.15) is 30.0 Å². The van der Waals surface area contributed by atoms with Gasteiger partial charge in [-0.2, -0.15) is 0 Å². The summed E-state index contributed by atoms with van der Waals surface area (Å²) >= 11 is 0. The molecule has 2 atom stereocenters. The number of sulfonamides is 1. The highest BCUT2D eigenvalue weighted by Gasteiger charge is 2.36. The summed E-state index contributed by atoms with van der Waals surface area (Å²) < 4.78 is 27.0. The summed E-state index contributed by atoms with van der Waals surface area (Å²) in [5.41, 5.74) is 2.36. The average Bonchev–Trinajstić information content (AvgIpc) is 3.32. The molecular weight excluding hydrogens is 308 g/mol. The van der Waals surface area contributed by atoms with Crippen LogP contribution in [0.25, 0.3) is 0 Å². The van der Waals surface area contributed by atoms with Crippen molar-refractivity contribution in [3.8, 4) is 0 Å². The lowest BCUT2D eigenvalue weighted by Crippen LogP contribution is -2.25. The molecule has 23 heavy (non-hydrogen) atoms.